The number of amides is 2. The van der Waals surface area contributed by atoms with Crippen molar-refractivity contribution in [3.05, 3.63) is 58.6 Å². The molecular weight excluding hydrogens is 382 g/mol. The Hall–Kier alpha value is -2.34. The van der Waals surface area contributed by atoms with Crippen LogP contribution in [-0.2, 0) is 16.0 Å². The van der Waals surface area contributed by atoms with Crippen molar-refractivity contribution in [1.29, 1.82) is 0 Å². The summed E-state index contributed by atoms with van der Waals surface area (Å²) >= 11 is 3.38. The molecule has 0 spiro atoms. The van der Waals surface area contributed by atoms with Gasteiger partial charge in [0.2, 0.25) is 11.8 Å². The lowest BCUT2D eigenvalue weighted by molar-refractivity contribution is -0.128. The monoisotopic (exact) mass is 403 g/mol. The Morgan fingerprint density at radius 3 is 2.36 bits per heavy atom. The maximum atomic E-state index is 12.3. The normalized spacial score (nSPS) is 11.5. The fraction of sp³-hybridized carbons (Fsp3) is 0.263. The van der Waals surface area contributed by atoms with Crippen LogP contribution in [0, 0.1) is 0 Å². The molecule has 0 bridgehead atoms. The first kappa shape index (κ1) is 19.0. The molecule has 0 saturated heterocycles. The van der Waals surface area contributed by atoms with Gasteiger partial charge < -0.3 is 15.5 Å². The molecule has 1 atom stereocenters. The highest BCUT2D eigenvalue weighted by Gasteiger charge is 2.13. The number of anilines is 2. The number of rotatable bonds is 6. The number of hydrogen-bond donors (Lipinski definition) is 2. The van der Waals surface area contributed by atoms with Gasteiger partial charge in [-0.2, -0.15) is 0 Å². The van der Waals surface area contributed by atoms with Crippen LogP contribution in [0.3, 0.4) is 0 Å². The molecule has 2 aromatic rings. The van der Waals surface area contributed by atoms with E-state index in [4.69, 9.17) is 0 Å². The number of benzene rings is 2. The van der Waals surface area contributed by atoms with Crippen molar-refractivity contribution in [3.63, 3.8) is 0 Å². The molecule has 2 amide bonds. The van der Waals surface area contributed by atoms with Crippen molar-refractivity contribution in [2.24, 2.45) is 0 Å². The number of carbonyl (C=O) groups is 2. The molecule has 25 heavy (non-hydrogen) atoms. The predicted octanol–water partition coefficient (Wildman–Crippen LogP) is 3.52. The summed E-state index contributed by atoms with van der Waals surface area (Å²) in [5, 5.41) is 6.03. The van der Waals surface area contributed by atoms with Crippen LogP contribution in [0.2, 0.25) is 0 Å². The van der Waals surface area contributed by atoms with Crippen LogP contribution >= 0.6 is 15.9 Å². The Balaban J connectivity index is 1.92. The SMILES string of the molecule is CC(Nc1ccc(CC(=O)N(C)C)cc1)C(=O)Nc1cccc(Br)c1. The highest BCUT2D eigenvalue weighted by atomic mass is 79.9. The zero-order valence-corrected chi connectivity index (χ0v) is 16.1. The van der Waals surface area contributed by atoms with Gasteiger partial charge in [-0.05, 0) is 42.8 Å². The highest BCUT2D eigenvalue weighted by molar-refractivity contribution is 9.10. The first-order valence-electron chi connectivity index (χ1n) is 7.97. The number of hydrogen-bond acceptors (Lipinski definition) is 3. The van der Waals surface area contributed by atoms with Gasteiger partial charge in [0.25, 0.3) is 0 Å². The first-order chi connectivity index (χ1) is 11.8. The molecular formula is C19H22BrN3O2. The molecule has 0 aliphatic rings. The van der Waals surface area contributed by atoms with Crippen molar-refractivity contribution < 1.29 is 9.59 Å². The van der Waals surface area contributed by atoms with Gasteiger partial charge in [0.1, 0.15) is 6.04 Å². The summed E-state index contributed by atoms with van der Waals surface area (Å²) < 4.78 is 0.911. The summed E-state index contributed by atoms with van der Waals surface area (Å²) in [6, 6.07) is 14.6. The Bertz CT molecular complexity index is 745. The Kier molecular flexibility index (Phi) is 6.58. The molecule has 0 fully saturated rings. The first-order valence-corrected chi connectivity index (χ1v) is 8.76. The second-order valence-electron chi connectivity index (χ2n) is 6.03. The van der Waals surface area contributed by atoms with Gasteiger partial charge >= 0.3 is 0 Å². The third kappa shape index (κ3) is 5.90. The molecule has 2 N–H and O–H groups in total. The van der Waals surface area contributed by atoms with Crippen LogP contribution in [0.25, 0.3) is 0 Å². The zero-order chi connectivity index (χ0) is 18.4. The highest BCUT2D eigenvalue weighted by Crippen LogP contribution is 2.17. The van der Waals surface area contributed by atoms with Gasteiger partial charge in [-0.15, -0.1) is 0 Å². The quantitative estimate of drug-likeness (QED) is 0.775. The Morgan fingerprint density at radius 2 is 1.76 bits per heavy atom. The molecule has 0 radical (unpaired) electrons. The molecule has 0 aliphatic heterocycles. The molecule has 132 valence electrons. The second kappa shape index (κ2) is 8.67. The molecule has 2 aromatic carbocycles. The van der Waals surface area contributed by atoms with E-state index in [1.54, 1.807) is 25.9 Å². The standard InChI is InChI=1S/C19H22BrN3O2/c1-13(19(25)22-17-6-4-5-15(20)12-17)21-16-9-7-14(8-10-16)11-18(24)23(2)3/h4-10,12-13,21H,11H2,1-3H3,(H,22,25). The van der Waals surface area contributed by atoms with Crippen molar-refractivity contribution in [2.75, 3.05) is 24.7 Å². The lowest BCUT2D eigenvalue weighted by Crippen LogP contribution is -2.31. The summed E-state index contributed by atoms with van der Waals surface area (Å²) in [5.74, 6) is -0.0626. The number of nitrogens with zero attached hydrogens (tertiary/aromatic N) is 1. The third-order valence-electron chi connectivity index (χ3n) is 3.68. The summed E-state index contributed by atoms with van der Waals surface area (Å²) in [7, 11) is 3.48. The van der Waals surface area contributed by atoms with Crippen LogP contribution in [0.1, 0.15) is 12.5 Å². The Labute approximate surface area is 156 Å². The maximum Gasteiger partial charge on any atom is 0.246 e. The molecule has 0 aliphatic carbocycles. The topological polar surface area (TPSA) is 61.4 Å². The molecule has 0 heterocycles. The van der Waals surface area contributed by atoms with Gasteiger partial charge in [-0.3, -0.25) is 9.59 Å². The maximum absolute atomic E-state index is 12.3. The molecule has 0 saturated carbocycles. The van der Waals surface area contributed by atoms with E-state index in [2.05, 4.69) is 26.6 Å². The molecule has 6 heteroatoms. The van der Waals surface area contributed by atoms with E-state index in [1.807, 2.05) is 48.5 Å². The van der Waals surface area contributed by atoms with E-state index in [9.17, 15) is 9.59 Å². The summed E-state index contributed by atoms with van der Waals surface area (Å²) in [4.78, 5) is 25.6. The van der Waals surface area contributed by atoms with Gasteiger partial charge in [0.05, 0.1) is 6.42 Å². The minimum Gasteiger partial charge on any atom is -0.374 e. The van der Waals surface area contributed by atoms with Crippen molar-refractivity contribution in [1.82, 2.24) is 4.90 Å². The number of halogens is 1. The molecule has 1 unspecified atom stereocenters. The van der Waals surface area contributed by atoms with E-state index in [-0.39, 0.29) is 11.8 Å². The smallest absolute Gasteiger partial charge is 0.246 e. The van der Waals surface area contributed by atoms with Crippen LogP contribution in [0.4, 0.5) is 11.4 Å². The zero-order valence-electron chi connectivity index (χ0n) is 14.5. The van der Waals surface area contributed by atoms with Crippen molar-refractivity contribution in [2.45, 2.75) is 19.4 Å². The van der Waals surface area contributed by atoms with E-state index >= 15 is 0 Å². The van der Waals surface area contributed by atoms with Crippen LogP contribution < -0.4 is 10.6 Å². The van der Waals surface area contributed by atoms with Gasteiger partial charge in [-0.1, -0.05) is 34.1 Å². The fourth-order valence-corrected chi connectivity index (χ4v) is 2.58. The van der Waals surface area contributed by atoms with Crippen molar-refractivity contribution in [3.8, 4) is 0 Å². The number of nitrogens with one attached hydrogen (secondary N) is 2. The average molecular weight is 404 g/mol. The second-order valence-corrected chi connectivity index (χ2v) is 6.94. The summed E-state index contributed by atoms with van der Waals surface area (Å²) in [5.41, 5.74) is 2.51. The van der Waals surface area contributed by atoms with Gasteiger partial charge in [0, 0.05) is 29.9 Å². The molecule has 5 nitrogen and oxygen atoms in total. The summed E-state index contributed by atoms with van der Waals surface area (Å²) in [6.45, 7) is 1.80. The van der Waals surface area contributed by atoms with Crippen LogP contribution in [0.15, 0.2) is 53.0 Å². The third-order valence-corrected chi connectivity index (χ3v) is 4.17. The van der Waals surface area contributed by atoms with Crippen LogP contribution in [0.5, 0.6) is 0 Å². The van der Waals surface area contributed by atoms with Gasteiger partial charge in [0.15, 0.2) is 0 Å². The number of likely N-dealkylation sites (N-methyl/N-ethyl adjacent to an activating group) is 1. The molecule has 2 rings (SSSR count). The van der Waals surface area contributed by atoms with E-state index in [0.29, 0.717) is 6.42 Å². The summed E-state index contributed by atoms with van der Waals surface area (Å²) in [6.07, 6.45) is 0.367. The Morgan fingerprint density at radius 1 is 1.08 bits per heavy atom. The lowest BCUT2D eigenvalue weighted by Gasteiger charge is -2.16. The van der Waals surface area contributed by atoms with E-state index in [0.717, 1.165) is 21.4 Å². The predicted molar refractivity (Wildman–Crippen MR) is 105 cm³/mol. The van der Waals surface area contributed by atoms with Crippen LogP contribution in [-0.4, -0.2) is 36.9 Å². The fourth-order valence-electron chi connectivity index (χ4n) is 2.18. The van der Waals surface area contributed by atoms with E-state index < -0.39 is 6.04 Å². The minimum atomic E-state index is -0.395. The van der Waals surface area contributed by atoms with E-state index in [1.165, 1.54) is 0 Å². The largest absolute Gasteiger partial charge is 0.374 e. The minimum absolute atomic E-state index is 0.0578. The van der Waals surface area contributed by atoms with Gasteiger partial charge in [-0.25, -0.2) is 0 Å². The lowest BCUT2D eigenvalue weighted by atomic mass is 10.1. The van der Waals surface area contributed by atoms with Crippen molar-refractivity contribution >= 4 is 39.1 Å². The number of carbonyl (C=O) groups excluding carboxylic acids is 2. The molecule has 0 aromatic heterocycles. The average Bonchev–Trinajstić information content (AvgIpc) is 2.56.